The lowest BCUT2D eigenvalue weighted by Gasteiger charge is -2.24. The van der Waals surface area contributed by atoms with Gasteiger partial charge in [0.25, 0.3) is 0 Å². The Morgan fingerprint density at radius 1 is 1.06 bits per heavy atom. The predicted molar refractivity (Wildman–Crippen MR) is 58.5 cm³/mol. The summed E-state index contributed by atoms with van der Waals surface area (Å²) in [6, 6.07) is 3.30. The third kappa shape index (κ3) is 1.56. The third-order valence-corrected chi connectivity index (χ3v) is 4.32. The molecule has 0 saturated heterocycles. The van der Waals surface area contributed by atoms with Gasteiger partial charge in [-0.3, -0.25) is 0 Å². The van der Waals surface area contributed by atoms with Gasteiger partial charge in [0.2, 0.25) is 0 Å². The number of rotatable bonds is 2. The van der Waals surface area contributed by atoms with Gasteiger partial charge in [-0.1, -0.05) is 6.07 Å². The molecule has 0 spiro atoms. The molecule has 0 atom stereocenters. The molecule has 1 aromatic carbocycles. The number of halogens is 4. The standard InChI is InChI=1S/C13H13F4N/c14-10-2-1-8(7-9(10)13(15,16)17)11(3-4-11)12(18)5-6-12/h1-2,7H,3-6,18H2. The molecule has 2 aliphatic carbocycles. The normalized spacial score (nSPS) is 23.8. The van der Waals surface area contributed by atoms with Gasteiger partial charge in [-0.25, -0.2) is 4.39 Å². The molecular weight excluding hydrogens is 246 g/mol. The zero-order chi connectivity index (χ0) is 13.2. The van der Waals surface area contributed by atoms with Crippen LogP contribution in [-0.4, -0.2) is 5.54 Å². The lowest BCUT2D eigenvalue weighted by molar-refractivity contribution is -0.140. The SMILES string of the molecule is NC1(C2(c3ccc(F)c(C(F)(F)F)c3)CC2)CC1. The summed E-state index contributed by atoms with van der Waals surface area (Å²) in [5.74, 6) is -1.22. The van der Waals surface area contributed by atoms with E-state index in [1.165, 1.54) is 6.07 Å². The fourth-order valence-corrected chi connectivity index (χ4v) is 2.85. The van der Waals surface area contributed by atoms with Crippen LogP contribution in [0.4, 0.5) is 17.6 Å². The van der Waals surface area contributed by atoms with Crippen molar-refractivity contribution in [3.63, 3.8) is 0 Å². The summed E-state index contributed by atoms with van der Waals surface area (Å²) >= 11 is 0. The Kier molecular flexibility index (Phi) is 2.17. The first-order valence-electron chi connectivity index (χ1n) is 5.95. The fraction of sp³-hybridized carbons (Fsp3) is 0.538. The maximum absolute atomic E-state index is 13.2. The highest BCUT2D eigenvalue weighted by Gasteiger charge is 2.64. The number of hydrogen-bond donors (Lipinski definition) is 1. The predicted octanol–water partition coefficient (Wildman–Crippen LogP) is 3.37. The van der Waals surface area contributed by atoms with E-state index in [1.54, 1.807) is 0 Å². The van der Waals surface area contributed by atoms with Crippen molar-refractivity contribution in [2.24, 2.45) is 5.73 Å². The molecule has 2 aliphatic rings. The highest BCUT2D eigenvalue weighted by atomic mass is 19.4. The van der Waals surface area contributed by atoms with Gasteiger partial charge in [-0.05, 0) is 43.4 Å². The molecule has 18 heavy (non-hydrogen) atoms. The number of hydrogen-bond acceptors (Lipinski definition) is 1. The molecule has 2 fully saturated rings. The van der Waals surface area contributed by atoms with Crippen LogP contribution in [0.25, 0.3) is 0 Å². The van der Waals surface area contributed by atoms with Gasteiger partial charge in [-0.2, -0.15) is 13.2 Å². The van der Waals surface area contributed by atoms with Crippen LogP contribution in [0.5, 0.6) is 0 Å². The van der Waals surface area contributed by atoms with Gasteiger partial charge in [0.05, 0.1) is 5.56 Å². The monoisotopic (exact) mass is 259 g/mol. The van der Waals surface area contributed by atoms with Gasteiger partial charge in [0.15, 0.2) is 0 Å². The Morgan fingerprint density at radius 3 is 2.11 bits per heavy atom. The Bertz CT molecular complexity index is 498. The van der Waals surface area contributed by atoms with E-state index < -0.39 is 17.6 Å². The molecule has 3 rings (SSSR count). The van der Waals surface area contributed by atoms with Crippen LogP contribution < -0.4 is 5.73 Å². The Balaban J connectivity index is 2.05. The lowest BCUT2D eigenvalue weighted by atomic mass is 9.85. The minimum atomic E-state index is -4.65. The van der Waals surface area contributed by atoms with Crippen LogP contribution in [-0.2, 0) is 11.6 Å². The summed E-state index contributed by atoms with van der Waals surface area (Å²) in [7, 11) is 0. The highest BCUT2D eigenvalue weighted by molar-refractivity contribution is 5.43. The van der Waals surface area contributed by atoms with Gasteiger partial charge < -0.3 is 5.73 Å². The molecule has 0 bridgehead atoms. The van der Waals surface area contributed by atoms with Crippen LogP contribution in [0.15, 0.2) is 18.2 Å². The van der Waals surface area contributed by atoms with E-state index in [9.17, 15) is 17.6 Å². The Morgan fingerprint density at radius 2 is 1.67 bits per heavy atom. The van der Waals surface area contributed by atoms with Crippen molar-refractivity contribution in [2.45, 2.75) is 42.8 Å². The van der Waals surface area contributed by atoms with Crippen molar-refractivity contribution in [3.05, 3.63) is 35.1 Å². The molecule has 0 radical (unpaired) electrons. The minimum Gasteiger partial charge on any atom is -0.324 e. The van der Waals surface area contributed by atoms with Gasteiger partial charge in [0.1, 0.15) is 5.82 Å². The van der Waals surface area contributed by atoms with Crippen molar-refractivity contribution in [2.75, 3.05) is 0 Å². The molecular formula is C13H13F4N. The molecule has 2 N–H and O–H groups in total. The molecule has 1 nitrogen and oxygen atoms in total. The van der Waals surface area contributed by atoms with E-state index in [-0.39, 0.29) is 11.0 Å². The van der Waals surface area contributed by atoms with E-state index >= 15 is 0 Å². The number of alkyl halides is 3. The second kappa shape index (κ2) is 3.26. The zero-order valence-corrected chi connectivity index (χ0v) is 9.65. The van der Waals surface area contributed by atoms with Crippen molar-refractivity contribution in [1.29, 1.82) is 0 Å². The molecule has 0 aromatic heterocycles. The summed E-state index contributed by atoms with van der Waals surface area (Å²) in [4.78, 5) is 0. The summed E-state index contributed by atoms with van der Waals surface area (Å²) in [6.07, 6.45) is -1.38. The molecule has 98 valence electrons. The van der Waals surface area contributed by atoms with Gasteiger partial charge in [-0.15, -0.1) is 0 Å². The number of benzene rings is 1. The maximum atomic E-state index is 13.2. The van der Waals surface area contributed by atoms with E-state index in [4.69, 9.17) is 5.73 Å². The van der Waals surface area contributed by atoms with Crippen molar-refractivity contribution >= 4 is 0 Å². The first-order valence-corrected chi connectivity index (χ1v) is 5.95. The molecule has 0 amide bonds. The fourth-order valence-electron chi connectivity index (χ4n) is 2.85. The molecule has 1 aromatic rings. The quantitative estimate of drug-likeness (QED) is 0.810. The largest absolute Gasteiger partial charge is 0.419 e. The second-order valence-corrected chi connectivity index (χ2v) is 5.43. The second-order valence-electron chi connectivity index (χ2n) is 5.43. The number of nitrogens with two attached hydrogens (primary N) is 1. The zero-order valence-electron chi connectivity index (χ0n) is 9.65. The summed E-state index contributed by atoms with van der Waals surface area (Å²) in [5, 5.41) is 0. The Hall–Kier alpha value is -1.10. The topological polar surface area (TPSA) is 26.0 Å². The lowest BCUT2D eigenvalue weighted by Crippen LogP contribution is -2.37. The Labute approximate surface area is 102 Å². The highest BCUT2D eigenvalue weighted by Crippen LogP contribution is 2.63. The molecule has 5 heteroatoms. The summed E-state index contributed by atoms with van der Waals surface area (Å²) in [6.45, 7) is 0. The first-order chi connectivity index (χ1) is 8.29. The van der Waals surface area contributed by atoms with Crippen molar-refractivity contribution < 1.29 is 17.6 Å². The van der Waals surface area contributed by atoms with Crippen molar-refractivity contribution in [1.82, 2.24) is 0 Å². The van der Waals surface area contributed by atoms with Crippen molar-refractivity contribution in [3.8, 4) is 0 Å². The maximum Gasteiger partial charge on any atom is 0.419 e. The molecule has 2 saturated carbocycles. The molecule has 0 aliphatic heterocycles. The van der Waals surface area contributed by atoms with Crippen LogP contribution in [0.3, 0.4) is 0 Å². The average molecular weight is 259 g/mol. The summed E-state index contributed by atoms with van der Waals surface area (Å²) in [5.41, 5.74) is 4.78. The molecule has 0 unspecified atom stereocenters. The minimum absolute atomic E-state index is 0.347. The van der Waals surface area contributed by atoms with Gasteiger partial charge in [0, 0.05) is 11.0 Å². The van der Waals surface area contributed by atoms with E-state index in [0.29, 0.717) is 5.56 Å². The van der Waals surface area contributed by atoms with Crippen LogP contribution in [0, 0.1) is 5.82 Å². The molecule has 0 heterocycles. The average Bonchev–Trinajstić information content (AvgIpc) is 3.12. The smallest absolute Gasteiger partial charge is 0.324 e. The van der Waals surface area contributed by atoms with E-state index in [0.717, 1.165) is 37.8 Å². The van der Waals surface area contributed by atoms with Crippen LogP contribution in [0.1, 0.15) is 36.8 Å². The van der Waals surface area contributed by atoms with E-state index in [2.05, 4.69) is 0 Å². The third-order valence-electron chi connectivity index (χ3n) is 4.32. The first kappa shape index (κ1) is 12.0. The van der Waals surface area contributed by atoms with E-state index in [1.807, 2.05) is 0 Å². The summed E-state index contributed by atoms with van der Waals surface area (Å²) < 4.78 is 51.3. The van der Waals surface area contributed by atoms with Crippen LogP contribution >= 0.6 is 0 Å². The van der Waals surface area contributed by atoms with Crippen LogP contribution in [0.2, 0.25) is 0 Å². The van der Waals surface area contributed by atoms with Gasteiger partial charge >= 0.3 is 6.18 Å².